The maximum absolute atomic E-state index is 10.8. The third-order valence-electron chi connectivity index (χ3n) is 2.77. The van der Waals surface area contributed by atoms with Crippen LogP contribution in [0.1, 0.15) is 11.1 Å². The average molecular weight is 238 g/mol. The Balaban J connectivity index is 2.79. The van der Waals surface area contributed by atoms with Gasteiger partial charge in [-0.25, -0.2) is 0 Å². The van der Waals surface area contributed by atoms with Crippen LogP contribution in [0.25, 0.3) is 10.9 Å². The van der Waals surface area contributed by atoms with Gasteiger partial charge in [-0.15, -0.1) is 0 Å². The maximum Gasteiger partial charge on any atom is 0.307 e. The molecule has 1 aromatic carbocycles. The van der Waals surface area contributed by atoms with Crippen molar-refractivity contribution in [1.29, 1.82) is 0 Å². The lowest BCUT2D eigenvalue weighted by atomic mass is 10.1. The molecule has 16 heavy (non-hydrogen) atoms. The Morgan fingerprint density at radius 2 is 2.19 bits per heavy atom. The molecule has 4 heteroatoms. The van der Waals surface area contributed by atoms with Crippen LogP contribution in [0, 0.1) is 6.92 Å². The number of rotatable bonds is 2. The smallest absolute Gasteiger partial charge is 0.307 e. The fourth-order valence-corrected chi connectivity index (χ4v) is 2.33. The number of aliphatic carboxylic acids is 1. The summed E-state index contributed by atoms with van der Waals surface area (Å²) >= 11 is 6.15. The molecule has 0 atom stereocenters. The maximum atomic E-state index is 10.8. The molecule has 1 N–H and O–H groups in total. The summed E-state index contributed by atoms with van der Waals surface area (Å²) in [5.74, 6) is -0.865. The van der Waals surface area contributed by atoms with Gasteiger partial charge < -0.3 is 9.67 Å². The third-order valence-corrected chi connectivity index (χ3v) is 3.25. The summed E-state index contributed by atoms with van der Waals surface area (Å²) in [4.78, 5) is 10.8. The molecule has 0 aliphatic rings. The summed E-state index contributed by atoms with van der Waals surface area (Å²) < 4.78 is 1.84. The molecule has 1 heterocycles. The van der Waals surface area contributed by atoms with Gasteiger partial charge in [0.05, 0.1) is 11.9 Å². The molecule has 0 spiro atoms. The summed E-state index contributed by atoms with van der Waals surface area (Å²) in [5.41, 5.74) is 2.79. The topological polar surface area (TPSA) is 42.2 Å². The van der Waals surface area contributed by atoms with Gasteiger partial charge in [0, 0.05) is 18.0 Å². The van der Waals surface area contributed by atoms with Crippen LogP contribution in [0.5, 0.6) is 0 Å². The van der Waals surface area contributed by atoms with E-state index in [1.807, 2.05) is 36.7 Å². The van der Waals surface area contributed by atoms with E-state index in [1.165, 1.54) is 0 Å². The van der Waals surface area contributed by atoms with Crippen LogP contribution in [0.2, 0.25) is 5.15 Å². The first kappa shape index (κ1) is 11.0. The molecule has 84 valence electrons. The van der Waals surface area contributed by atoms with Crippen molar-refractivity contribution in [2.45, 2.75) is 13.3 Å². The number of benzene rings is 1. The van der Waals surface area contributed by atoms with E-state index in [2.05, 4.69) is 0 Å². The monoisotopic (exact) mass is 237 g/mol. The molecule has 0 aliphatic carbocycles. The standard InChI is InChI=1S/C12H12ClNO2/c1-7-4-3-5-8-9(6-10(15)16)12(13)14(2)11(7)8/h3-5H,6H2,1-2H3,(H,15,16). The van der Waals surface area contributed by atoms with E-state index in [1.54, 1.807) is 0 Å². The number of aromatic nitrogens is 1. The van der Waals surface area contributed by atoms with E-state index in [0.29, 0.717) is 10.7 Å². The molecule has 0 aliphatic heterocycles. The Morgan fingerprint density at radius 3 is 2.81 bits per heavy atom. The Hall–Kier alpha value is -1.48. The zero-order valence-corrected chi connectivity index (χ0v) is 9.88. The molecular weight excluding hydrogens is 226 g/mol. The van der Waals surface area contributed by atoms with Crippen molar-refractivity contribution in [1.82, 2.24) is 4.57 Å². The van der Waals surface area contributed by atoms with Gasteiger partial charge in [-0.3, -0.25) is 4.79 Å². The minimum Gasteiger partial charge on any atom is -0.481 e. The van der Waals surface area contributed by atoms with Gasteiger partial charge in [-0.2, -0.15) is 0 Å². The largest absolute Gasteiger partial charge is 0.481 e. The summed E-state index contributed by atoms with van der Waals surface area (Å²) in [7, 11) is 1.85. The highest BCUT2D eigenvalue weighted by molar-refractivity contribution is 6.32. The molecule has 0 saturated carbocycles. The van der Waals surface area contributed by atoms with Gasteiger partial charge in [-0.05, 0) is 12.5 Å². The Kier molecular flexibility index (Phi) is 2.64. The highest BCUT2D eigenvalue weighted by Crippen LogP contribution is 2.31. The van der Waals surface area contributed by atoms with Gasteiger partial charge in [-0.1, -0.05) is 29.8 Å². The number of halogens is 1. The lowest BCUT2D eigenvalue weighted by Crippen LogP contribution is -2.00. The number of carbonyl (C=O) groups is 1. The molecule has 2 aromatic rings. The molecule has 1 aromatic heterocycles. The first-order valence-corrected chi connectivity index (χ1v) is 5.34. The van der Waals surface area contributed by atoms with Gasteiger partial charge >= 0.3 is 5.97 Å². The predicted molar refractivity (Wildman–Crippen MR) is 64.0 cm³/mol. The Bertz CT molecular complexity index is 572. The van der Waals surface area contributed by atoms with Crippen LogP contribution < -0.4 is 0 Å². The van der Waals surface area contributed by atoms with Crippen LogP contribution >= 0.6 is 11.6 Å². The number of nitrogens with zero attached hydrogens (tertiary/aromatic N) is 1. The normalized spacial score (nSPS) is 10.9. The number of hydrogen-bond donors (Lipinski definition) is 1. The van der Waals surface area contributed by atoms with Crippen LogP contribution in [-0.2, 0) is 18.3 Å². The fraction of sp³-hybridized carbons (Fsp3) is 0.250. The zero-order valence-electron chi connectivity index (χ0n) is 9.12. The molecule has 0 amide bonds. The number of aryl methyl sites for hydroxylation is 2. The Morgan fingerprint density at radius 1 is 1.50 bits per heavy atom. The molecule has 0 bridgehead atoms. The predicted octanol–water partition coefficient (Wildman–Crippen LogP) is 2.77. The lowest BCUT2D eigenvalue weighted by molar-refractivity contribution is -0.136. The molecule has 0 fully saturated rings. The number of carboxylic acids is 1. The van der Waals surface area contributed by atoms with E-state index in [9.17, 15) is 4.79 Å². The van der Waals surface area contributed by atoms with Crippen molar-refractivity contribution >= 4 is 28.5 Å². The third kappa shape index (κ3) is 1.57. The summed E-state index contributed by atoms with van der Waals surface area (Å²) in [6.07, 6.45) is -0.0420. The van der Waals surface area contributed by atoms with Crippen LogP contribution in [0.3, 0.4) is 0 Å². The van der Waals surface area contributed by atoms with Crippen LogP contribution in [0.4, 0.5) is 0 Å². The second-order valence-corrected chi connectivity index (χ2v) is 4.23. The van der Waals surface area contributed by atoms with Crippen LogP contribution in [0.15, 0.2) is 18.2 Å². The van der Waals surface area contributed by atoms with E-state index in [-0.39, 0.29) is 6.42 Å². The fourth-order valence-electron chi connectivity index (χ4n) is 2.08. The molecular formula is C12H12ClNO2. The molecule has 3 nitrogen and oxygen atoms in total. The quantitative estimate of drug-likeness (QED) is 0.873. The minimum atomic E-state index is -0.865. The first-order valence-electron chi connectivity index (χ1n) is 4.96. The molecule has 2 rings (SSSR count). The van der Waals surface area contributed by atoms with Crippen molar-refractivity contribution < 1.29 is 9.90 Å². The molecule has 0 unspecified atom stereocenters. The number of carboxylic acid groups (broad SMARTS) is 1. The van der Waals surface area contributed by atoms with Gasteiger partial charge in [0.25, 0.3) is 0 Å². The van der Waals surface area contributed by atoms with Crippen molar-refractivity contribution in [2.75, 3.05) is 0 Å². The summed E-state index contributed by atoms with van der Waals surface area (Å²) in [5, 5.41) is 10.3. The van der Waals surface area contributed by atoms with Gasteiger partial charge in [0.1, 0.15) is 5.15 Å². The van der Waals surface area contributed by atoms with Crippen LogP contribution in [-0.4, -0.2) is 15.6 Å². The van der Waals surface area contributed by atoms with Crippen molar-refractivity contribution in [2.24, 2.45) is 7.05 Å². The average Bonchev–Trinajstić information content (AvgIpc) is 2.44. The zero-order chi connectivity index (χ0) is 11.9. The lowest BCUT2D eigenvalue weighted by Gasteiger charge is -2.00. The molecule has 0 saturated heterocycles. The first-order chi connectivity index (χ1) is 7.52. The van der Waals surface area contributed by atoms with Gasteiger partial charge in [0.15, 0.2) is 0 Å². The van der Waals surface area contributed by atoms with E-state index in [4.69, 9.17) is 16.7 Å². The molecule has 0 radical (unpaired) electrons. The highest BCUT2D eigenvalue weighted by atomic mass is 35.5. The van der Waals surface area contributed by atoms with Crippen molar-refractivity contribution in [3.63, 3.8) is 0 Å². The second kappa shape index (κ2) is 3.83. The van der Waals surface area contributed by atoms with E-state index in [0.717, 1.165) is 16.5 Å². The van der Waals surface area contributed by atoms with Crippen molar-refractivity contribution in [3.05, 3.63) is 34.5 Å². The van der Waals surface area contributed by atoms with E-state index >= 15 is 0 Å². The van der Waals surface area contributed by atoms with E-state index < -0.39 is 5.97 Å². The number of fused-ring (bicyclic) bond motifs is 1. The van der Waals surface area contributed by atoms with Crippen molar-refractivity contribution in [3.8, 4) is 0 Å². The Labute approximate surface area is 98.3 Å². The number of para-hydroxylation sites is 1. The van der Waals surface area contributed by atoms with Gasteiger partial charge in [0.2, 0.25) is 0 Å². The summed E-state index contributed by atoms with van der Waals surface area (Å²) in [6, 6.07) is 5.81. The number of hydrogen-bond acceptors (Lipinski definition) is 1. The SMILES string of the molecule is Cc1cccc2c(CC(=O)O)c(Cl)n(C)c12. The minimum absolute atomic E-state index is 0.0420. The second-order valence-electron chi connectivity index (χ2n) is 3.87. The highest BCUT2D eigenvalue weighted by Gasteiger charge is 2.16. The summed E-state index contributed by atoms with van der Waals surface area (Å²) in [6.45, 7) is 1.99.